The SMILES string of the molecule is CCOC(=O)N[C@H](Cc1ccccc1)c1csc([C@H]2CCCO2)n1. The fourth-order valence-corrected chi connectivity index (χ4v) is 3.73. The molecule has 2 atom stereocenters. The number of ether oxygens (including phenoxy) is 2. The van der Waals surface area contributed by atoms with Crippen LogP contribution in [0.4, 0.5) is 4.79 Å². The van der Waals surface area contributed by atoms with Crippen LogP contribution in [0.3, 0.4) is 0 Å². The number of rotatable bonds is 6. The Labute approximate surface area is 146 Å². The second kappa shape index (κ2) is 8.26. The Hall–Kier alpha value is -1.92. The third kappa shape index (κ3) is 4.33. The summed E-state index contributed by atoms with van der Waals surface area (Å²) in [6, 6.07) is 9.86. The average Bonchev–Trinajstić information content (AvgIpc) is 3.27. The zero-order valence-electron chi connectivity index (χ0n) is 13.7. The molecule has 1 N–H and O–H groups in total. The van der Waals surface area contributed by atoms with E-state index in [9.17, 15) is 4.79 Å². The molecule has 6 heteroatoms. The molecule has 0 spiro atoms. The summed E-state index contributed by atoms with van der Waals surface area (Å²) in [5.41, 5.74) is 2.01. The Morgan fingerprint density at radius 2 is 2.29 bits per heavy atom. The van der Waals surface area contributed by atoms with Gasteiger partial charge >= 0.3 is 6.09 Å². The van der Waals surface area contributed by atoms with Crippen molar-refractivity contribution in [1.29, 1.82) is 0 Å². The van der Waals surface area contributed by atoms with Gasteiger partial charge in [0.1, 0.15) is 11.1 Å². The van der Waals surface area contributed by atoms with E-state index in [1.165, 1.54) is 0 Å². The number of nitrogens with one attached hydrogen (secondary N) is 1. The van der Waals surface area contributed by atoms with Gasteiger partial charge in [-0.25, -0.2) is 9.78 Å². The van der Waals surface area contributed by atoms with Crippen molar-refractivity contribution in [3.05, 3.63) is 52.0 Å². The number of aromatic nitrogens is 1. The molecule has 1 aliphatic rings. The first-order valence-electron chi connectivity index (χ1n) is 8.30. The topological polar surface area (TPSA) is 60.5 Å². The van der Waals surface area contributed by atoms with Crippen molar-refractivity contribution in [2.75, 3.05) is 13.2 Å². The van der Waals surface area contributed by atoms with Gasteiger partial charge in [0, 0.05) is 12.0 Å². The quantitative estimate of drug-likeness (QED) is 0.858. The maximum Gasteiger partial charge on any atom is 0.407 e. The van der Waals surface area contributed by atoms with Crippen LogP contribution in [0, 0.1) is 0 Å². The van der Waals surface area contributed by atoms with Crippen LogP contribution in [0.15, 0.2) is 35.7 Å². The molecule has 1 saturated heterocycles. The highest BCUT2D eigenvalue weighted by Crippen LogP contribution is 2.32. The molecular weight excluding hydrogens is 324 g/mol. The molecule has 0 aliphatic carbocycles. The van der Waals surface area contributed by atoms with Gasteiger partial charge in [0.2, 0.25) is 0 Å². The monoisotopic (exact) mass is 346 g/mol. The number of carbonyl (C=O) groups is 1. The summed E-state index contributed by atoms with van der Waals surface area (Å²) in [4.78, 5) is 16.6. The zero-order valence-corrected chi connectivity index (χ0v) is 14.6. The Kier molecular flexibility index (Phi) is 5.82. The summed E-state index contributed by atoms with van der Waals surface area (Å²) in [6.45, 7) is 2.94. The number of nitrogens with zero attached hydrogens (tertiary/aromatic N) is 1. The molecule has 0 unspecified atom stereocenters. The number of thiazole rings is 1. The Morgan fingerprint density at radius 3 is 3.00 bits per heavy atom. The van der Waals surface area contributed by atoms with Gasteiger partial charge in [0.25, 0.3) is 0 Å². The fraction of sp³-hybridized carbons (Fsp3) is 0.444. The van der Waals surface area contributed by atoms with Gasteiger partial charge in [0.15, 0.2) is 0 Å². The first kappa shape index (κ1) is 16.9. The molecule has 1 aliphatic heterocycles. The maximum absolute atomic E-state index is 11.9. The van der Waals surface area contributed by atoms with Crippen molar-refractivity contribution in [1.82, 2.24) is 10.3 Å². The number of carbonyl (C=O) groups excluding carboxylic acids is 1. The van der Waals surface area contributed by atoms with E-state index >= 15 is 0 Å². The largest absolute Gasteiger partial charge is 0.450 e. The van der Waals surface area contributed by atoms with E-state index < -0.39 is 6.09 Å². The normalized spacial score (nSPS) is 18.3. The fourth-order valence-electron chi connectivity index (χ4n) is 2.78. The molecule has 0 saturated carbocycles. The maximum atomic E-state index is 11.9. The lowest BCUT2D eigenvalue weighted by atomic mass is 10.0. The molecule has 5 nitrogen and oxygen atoms in total. The standard InChI is InChI=1S/C18H22N2O3S/c1-2-22-18(21)20-14(11-13-7-4-3-5-8-13)15-12-24-17(19-15)16-9-6-10-23-16/h3-5,7-8,12,14,16H,2,6,9-11H2,1H3,(H,20,21)/t14-,16-/m1/s1. The molecule has 24 heavy (non-hydrogen) atoms. The van der Waals surface area contributed by atoms with Crippen molar-refractivity contribution >= 4 is 17.4 Å². The average molecular weight is 346 g/mol. The summed E-state index contributed by atoms with van der Waals surface area (Å²) in [5.74, 6) is 0. The van der Waals surface area contributed by atoms with Gasteiger partial charge in [-0.3, -0.25) is 0 Å². The van der Waals surface area contributed by atoms with Crippen molar-refractivity contribution in [3.8, 4) is 0 Å². The van der Waals surface area contributed by atoms with E-state index in [0.29, 0.717) is 13.0 Å². The van der Waals surface area contributed by atoms with Crippen LogP contribution in [0.5, 0.6) is 0 Å². The van der Waals surface area contributed by atoms with Crippen molar-refractivity contribution in [2.24, 2.45) is 0 Å². The molecule has 1 amide bonds. The highest BCUT2D eigenvalue weighted by atomic mass is 32.1. The van der Waals surface area contributed by atoms with E-state index in [-0.39, 0.29) is 12.1 Å². The van der Waals surface area contributed by atoms with Gasteiger partial charge < -0.3 is 14.8 Å². The second-order valence-electron chi connectivity index (χ2n) is 5.72. The highest BCUT2D eigenvalue weighted by Gasteiger charge is 2.24. The summed E-state index contributed by atoms with van der Waals surface area (Å²) in [5, 5.41) is 5.93. The lowest BCUT2D eigenvalue weighted by molar-refractivity contribution is 0.111. The highest BCUT2D eigenvalue weighted by molar-refractivity contribution is 7.09. The van der Waals surface area contributed by atoms with Crippen molar-refractivity contribution in [2.45, 2.75) is 38.3 Å². The first-order valence-corrected chi connectivity index (χ1v) is 9.18. The van der Waals surface area contributed by atoms with Crippen LogP contribution in [0.25, 0.3) is 0 Å². The number of benzene rings is 1. The number of hydrogen-bond donors (Lipinski definition) is 1. The van der Waals surface area contributed by atoms with Crippen LogP contribution < -0.4 is 5.32 Å². The molecule has 3 rings (SSSR count). The smallest absolute Gasteiger partial charge is 0.407 e. The lowest BCUT2D eigenvalue weighted by Gasteiger charge is -2.17. The van der Waals surface area contributed by atoms with E-state index in [0.717, 1.165) is 35.7 Å². The lowest BCUT2D eigenvalue weighted by Crippen LogP contribution is -2.30. The van der Waals surface area contributed by atoms with Crippen LogP contribution >= 0.6 is 11.3 Å². The van der Waals surface area contributed by atoms with E-state index in [1.807, 2.05) is 35.7 Å². The van der Waals surface area contributed by atoms with Gasteiger partial charge in [-0.05, 0) is 31.7 Å². The predicted octanol–water partition coefficient (Wildman–Crippen LogP) is 4.02. The van der Waals surface area contributed by atoms with Gasteiger partial charge in [-0.15, -0.1) is 11.3 Å². The molecule has 1 aromatic carbocycles. The molecule has 1 fully saturated rings. The van der Waals surface area contributed by atoms with E-state index in [1.54, 1.807) is 18.3 Å². The molecule has 2 aromatic rings. The Morgan fingerprint density at radius 1 is 1.46 bits per heavy atom. The summed E-state index contributed by atoms with van der Waals surface area (Å²) in [6.07, 6.45) is 2.46. The van der Waals surface area contributed by atoms with Gasteiger partial charge in [0.05, 0.1) is 18.3 Å². The minimum atomic E-state index is -0.412. The van der Waals surface area contributed by atoms with E-state index in [4.69, 9.17) is 14.5 Å². The third-order valence-corrected chi connectivity index (χ3v) is 4.91. The molecule has 128 valence electrons. The van der Waals surface area contributed by atoms with Gasteiger partial charge in [-0.1, -0.05) is 30.3 Å². The van der Waals surface area contributed by atoms with Crippen LogP contribution in [0.2, 0.25) is 0 Å². The number of alkyl carbamates (subject to hydrolysis) is 1. The number of amides is 1. The molecule has 1 aromatic heterocycles. The summed E-state index contributed by atoms with van der Waals surface area (Å²) in [7, 11) is 0. The third-order valence-electron chi connectivity index (χ3n) is 3.95. The summed E-state index contributed by atoms with van der Waals surface area (Å²) < 4.78 is 10.7. The predicted molar refractivity (Wildman–Crippen MR) is 93.1 cm³/mol. The van der Waals surface area contributed by atoms with Crippen molar-refractivity contribution < 1.29 is 14.3 Å². The second-order valence-corrected chi connectivity index (χ2v) is 6.61. The van der Waals surface area contributed by atoms with Crippen LogP contribution in [-0.2, 0) is 15.9 Å². The van der Waals surface area contributed by atoms with Crippen LogP contribution in [0.1, 0.15) is 48.2 Å². The van der Waals surface area contributed by atoms with Crippen molar-refractivity contribution in [3.63, 3.8) is 0 Å². The zero-order chi connectivity index (χ0) is 16.8. The Balaban J connectivity index is 1.76. The molecule has 0 radical (unpaired) electrons. The Bertz CT molecular complexity index is 653. The minimum Gasteiger partial charge on any atom is -0.450 e. The minimum absolute atomic E-state index is 0.101. The molecular formula is C18H22N2O3S. The number of hydrogen-bond acceptors (Lipinski definition) is 5. The summed E-state index contributed by atoms with van der Waals surface area (Å²) >= 11 is 1.60. The van der Waals surface area contributed by atoms with E-state index in [2.05, 4.69) is 5.32 Å². The van der Waals surface area contributed by atoms with Crippen LogP contribution in [-0.4, -0.2) is 24.3 Å². The van der Waals surface area contributed by atoms with Gasteiger partial charge in [-0.2, -0.15) is 0 Å². The molecule has 0 bridgehead atoms. The first-order chi connectivity index (χ1) is 11.8. The molecule has 2 heterocycles.